The Morgan fingerprint density at radius 1 is 1.19 bits per heavy atom. The zero-order chi connectivity index (χ0) is 22.8. The molecule has 1 N–H and O–H groups in total. The van der Waals surface area contributed by atoms with E-state index in [4.69, 9.17) is 9.47 Å². The Bertz CT molecular complexity index is 1040. The van der Waals surface area contributed by atoms with E-state index in [0.29, 0.717) is 18.0 Å². The van der Waals surface area contributed by atoms with Crippen molar-refractivity contribution in [1.82, 2.24) is 5.32 Å². The summed E-state index contributed by atoms with van der Waals surface area (Å²) in [6.07, 6.45) is 0.193. The number of ether oxygens (including phenoxy) is 2. The minimum Gasteiger partial charge on any atom is -0.492 e. The summed E-state index contributed by atoms with van der Waals surface area (Å²) in [4.78, 5) is 12.6. The first-order valence-electron chi connectivity index (χ1n) is 10.2. The van der Waals surface area contributed by atoms with Gasteiger partial charge in [0.25, 0.3) is 5.91 Å². The summed E-state index contributed by atoms with van der Waals surface area (Å²) in [5.41, 5.74) is 2.44. The molecule has 1 amide bonds. The van der Waals surface area contributed by atoms with Gasteiger partial charge in [-0.25, -0.2) is 8.42 Å². The molecule has 168 valence electrons. The highest BCUT2D eigenvalue weighted by Gasteiger charge is 2.35. The van der Waals surface area contributed by atoms with Gasteiger partial charge in [0.15, 0.2) is 6.10 Å². The number of nitrogens with one attached hydrogen (secondary N) is 1. The number of nitrogens with zero attached hydrogens (tertiary/aromatic N) is 1. The van der Waals surface area contributed by atoms with Crippen LogP contribution < -0.4 is 19.1 Å². The molecule has 0 saturated carbocycles. The van der Waals surface area contributed by atoms with Gasteiger partial charge in [0.05, 0.1) is 25.0 Å². The van der Waals surface area contributed by atoms with Crippen LogP contribution in [0, 0.1) is 6.92 Å². The minimum absolute atomic E-state index is 0.0793. The van der Waals surface area contributed by atoms with Crippen molar-refractivity contribution < 1.29 is 22.7 Å². The SMILES string of the molecule is Cc1ccc(OCCNC(=O)[C@@H]2CN(S(C)(=O)=O)c3cc(C(C)(C)C)ccc3O2)cc1. The third-order valence-corrected chi connectivity index (χ3v) is 6.22. The Balaban J connectivity index is 1.67. The van der Waals surface area contributed by atoms with E-state index in [9.17, 15) is 13.2 Å². The van der Waals surface area contributed by atoms with Crippen molar-refractivity contribution in [2.75, 3.05) is 30.3 Å². The second-order valence-electron chi connectivity index (χ2n) is 8.79. The van der Waals surface area contributed by atoms with Crippen LogP contribution in [0.15, 0.2) is 42.5 Å². The topological polar surface area (TPSA) is 84.9 Å². The maximum absolute atomic E-state index is 12.6. The number of sulfonamides is 1. The maximum Gasteiger partial charge on any atom is 0.263 e. The predicted molar refractivity (Wildman–Crippen MR) is 121 cm³/mol. The lowest BCUT2D eigenvalue weighted by atomic mass is 9.86. The molecule has 0 aliphatic carbocycles. The first-order chi connectivity index (χ1) is 14.4. The smallest absolute Gasteiger partial charge is 0.263 e. The van der Waals surface area contributed by atoms with Gasteiger partial charge in [-0.2, -0.15) is 0 Å². The molecule has 3 rings (SSSR count). The van der Waals surface area contributed by atoms with Crippen LogP contribution in [0.5, 0.6) is 11.5 Å². The molecule has 0 saturated heterocycles. The Kier molecular flexibility index (Phi) is 6.50. The van der Waals surface area contributed by atoms with Gasteiger partial charge in [0.2, 0.25) is 10.0 Å². The molecule has 0 bridgehead atoms. The molecule has 0 aromatic heterocycles. The van der Waals surface area contributed by atoms with Crippen molar-refractivity contribution in [3.8, 4) is 11.5 Å². The second-order valence-corrected chi connectivity index (χ2v) is 10.7. The summed E-state index contributed by atoms with van der Waals surface area (Å²) in [5, 5.41) is 2.76. The van der Waals surface area contributed by atoms with Gasteiger partial charge in [-0.1, -0.05) is 44.5 Å². The van der Waals surface area contributed by atoms with Crippen LogP contribution in [-0.4, -0.2) is 46.4 Å². The summed E-state index contributed by atoms with van der Waals surface area (Å²) < 4.78 is 37.6. The first-order valence-corrected chi connectivity index (χ1v) is 12.1. The molecule has 31 heavy (non-hydrogen) atoms. The maximum atomic E-state index is 12.6. The summed E-state index contributed by atoms with van der Waals surface area (Å²) in [7, 11) is -3.58. The van der Waals surface area contributed by atoms with E-state index in [-0.39, 0.29) is 24.4 Å². The largest absolute Gasteiger partial charge is 0.492 e. The summed E-state index contributed by atoms with van der Waals surface area (Å²) >= 11 is 0. The number of fused-ring (bicyclic) bond motifs is 1. The third kappa shape index (κ3) is 5.70. The molecule has 0 radical (unpaired) electrons. The van der Waals surface area contributed by atoms with E-state index in [0.717, 1.165) is 23.1 Å². The van der Waals surface area contributed by atoms with E-state index >= 15 is 0 Å². The van der Waals surface area contributed by atoms with Gasteiger partial charge in [-0.3, -0.25) is 9.10 Å². The quantitative estimate of drug-likeness (QED) is 0.690. The standard InChI is InChI=1S/C23H30N2O5S/c1-16-6-9-18(10-7-16)29-13-12-24-22(26)21-15-25(31(5,27)28)19-14-17(23(2,3)4)8-11-20(19)30-21/h6-11,14,21H,12-13,15H2,1-5H3,(H,24,26)/t21-/m0/s1. The molecule has 2 aromatic rings. The van der Waals surface area contributed by atoms with Crippen molar-refractivity contribution in [2.24, 2.45) is 0 Å². The fourth-order valence-corrected chi connectivity index (χ4v) is 4.17. The number of anilines is 1. The van der Waals surface area contributed by atoms with Gasteiger partial charge in [0, 0.05) is 0 Å². The highest BCUT2D eigenvalue weighted by atomic mass is 32.2. The number of carbonyl (C=O) groups is 1. The molecule has 8 heteroatoms. The van der Waals surface area contributed by atoms with E-state index in [1.807, 2.05) is 43.3 Å². The predicted octanol–water partition coefficient (Wildman–Crippen LogP) is 3.01. The zero-order valence-electron chi connectivity index (χ0n) is 18.6. The zero-order valence-corrected chi connectivity index (χ0v) is 19.5. The van der Waals surface area contributed by atoms with E-state index in [1.54, 1.807) is 6.07 Å². The molecule has 1 heterocycles. The number of rotatable bonds is 6. The Labute approximate surface area is 184 Å². The molecular weight excluding hydrogens is 416 g/mol. The molecule has 0 spiro atoms. The Morgan fingerprint density at radius 2 is 1.87 bits per heavy atom. The number of benzene rings is 2. The normalized spacial score (nSPS) is 16.3. The molecule has 0 fully saturated rings. The van der Waals surface area contributed by atoms with Crippen molar-refractivity contribution in [2.45, 2.75) is 39.2 Å². The summed E-state index contributed by atoms with van der Waals surface area (Å²) in [6, 6.07) is 13.1. The molecule has 0 unspecified atom stereocenters. The number of carbonyl (C=O) groups excluding carboxylic acids is 1. The van der Waals surface area contributed by atoms with Gasteiger partial charge in [-0.05, 0) is 42.2 Å². The number of amides is 1. The molecule has 1 atom stereocenters. The third-order valence-electron chi connectivity index (χ3n) is 5.08. The van der Waals surface area contributed by atoms with Crippen LogP contribution in [0.1, 0.15) is 31.9 Å². The fourth-order valence-electron chi connectivity index (χ4n) is 3.26. The number of hydrogen-bond donors (Lipinski definition) is 1. The Hall–Kier alpha value is -2.74. The molecule has 1 aliphatic rings. The average Bonchev–Trinajstić information content (AvgIpc) is 2.69. The summed E-state index contributed by atoms with van der Waals surface area (Å²) in [5.74, 6) is 0.716. The van der Waals surface area contributed by atoms with Crippen molar-refractivity contribution in [3.63, 3.8) is 0 Å². The van der Waals surface area contributed by atoms with Crippen molar-refractivity contribution in [3.05, 3.63) is 53.6 Å². The highest BCUT2D eigenvalue weighted by Crippen LogP contribution is 2.38. The van der Waals surface area contributed by atoms with Gasteiger partial charge in [0.1, 0.15) is 18.1 Å². The minimum atomic E-state index is -3.58. The van der Waals surface area contributed by atoms with Gasteiger partial charge >= 0.3 is 0 Å². The van der Waals surface area contributed by atoms with Crippen LogP contribution in [-0.2, 0) is 20.2 Å². The van der Waals surface area contributed by atoms with Crippen LogP contribution in [0.2, 0.25) is 0 Å². The van der Waals surface area contributed by atoms with E-state index in [1.165, 1.54) is 4.31 Å². The van der Waals surface area contributed by atoms with Crippen LogP contribution >= 0.6 is 0 Å². The first kappa shape index (κ1) is 22.9. The Morgan fingerprint density at radius 3 is 2.48 bits per heavy atom. The van der Waals surface area contributed by atoms with Crippen LogP contribution in [0.4, 0.5) is 5.69 Å². The average molecular weight is 447 g/mol. The molecule has 7 nitrogen and oxygen atoms in total. The number of hydrogen-bond acceptors (Lipinski definition) is 5. The number of aryl methyl sites for hydroxylation is 1. The highest BCUT2D eigenvalue weighted by molar-refractivity contribution is 7.92. The van der Waals surface area contributed by atoms with Crippen LogP contribution in [0.3, 0.4) is 0 Å². The van der Waals surface area contributed by atoms with E-state index in [2.05, 4.69) is 26.1 Å². The molecule has 1 aliphatic heterocycles. The monoisotopic (exact) mass is 446 g/mol. The lowest BCUT2D eigenvalue weighted by molar-refractivity contribution is -0.127. The fraction of sp³-hybridized carbons (Fsp3) is 0.435. The van der Waals surface area contributed by atoms with Crippen LogP contribution in [0.25, 0.3) is 0 Å². The van der Waals surface area contributed by atoms with Gasteiger partial charge in [-0.15, -0.1) is 0 Å². The van der Waals surface area contributed by atoms with E-state index < -0.39 is 16.1 Å². The van der Waals surface area contributed by atoms with Crippen molar-refractivity contribution >= 4 is 21.6 Å². The molecular formula is C23H30N2O5S. The lowest BCUT2D eigenvalue weighted by Crippen LogP contribution is -2.51. The summed E-state index contributed by atoms with van der Waals surface area (Å²) in [6.45, 7) is 8.65. The lowest BCUT2D eigenvalue weighted by Gasteiger charge is -2.35. The molecule has 2 aromatic carbocycles. The van der Waals surface area contributed by atoms with Crippen molar-refractivity contribution in [1.29, 1.82) is 0 Å². The second kappa shape index (κ2) is 8.78. The van der Waals surface area contributed by atoms with Gasteiger partial charge < -0.3 is 14.8 Å².